The van der Waals surface area contributed by atoms with E-state index in [-0.39, 0.29) is 0 Å². The van der Waals surface area contributed by atoms with E-state index < -0.39 is 6.10 Å². The molecule has 0 amide bonds. The molecule has 0 spiro atoms. The van der Waals surface area contributed by atoms with Crippen LogP contribution in [-0.2, 0) is 12.8 Å². The third kappa shape index (κ3) is 2.68. The first-order valence-corrected chi connectivity index (χ1v) is 6.33. The smallest absolute Gasteiger partial charge is 0.121 e. The van der Waals surface area contributed by atoms with Crippen molar-refractivity contribution in [1.29, 1.82) is 0 Å². The van der Waals surface area contributed by atoms with Crippen LogP contribution in [0, 0.1) is 0 Å². The van der Waals surface area contributed by atoms with Crippen molar-refractivity contribution in [2.75, 3.05) is 0 Å². The molecule has 2 aromatic rings. The summed E-state index contributed by atoms with van der Waals surface area (Å²) in [6.45, 7) is 2.14. The van der Waals surface area contributed by atoms with Crippen molar-refractivity contribution in [2.24, 2.45) is 0 Å². The number of hydrogen-bond donors (Lipinski definition) is 1. The molecule has 1 N–H and O–H groups in total. The van der Waals surface area contributed by atoms with E-state index in [0.29, 0.717) is 6.42 Å². The summed E-state index contributed by atoms with van der Waals surface area (Å²) in [7, 11) is 0. The molecule has 0 fully saturated rings. The van der Waals surface area contributed by atoms with Gasteiger partial charge in [-0.05, 0) is 17.5 Å². The monoisotopic (exact) mass is 233 g/mol. The lowest BCUT2D eigenvalue weighted by atomic mass is 10.1. The van der Waals surface area contributed by atoms with Gasteiger partial charge in [0, 0.05) is 18.0 Å². The molecule has 1 atom stereocenters. The minimum atomic E-state index is -0.479. The fourth-order valence-corrected chi connectivity index (χ4v) is 2.24. The molecule has 2 rings (SSSR count). The van der Waals surface area contributed by atoms with Crippen LogP contribution in [0.15, 0.2) is 35.8 Å². The maximum atomic E-state index is 9.94. The summed E-state index contributed by atoms with van der Waals surface area (Å²) in [6.07, 6.45) is 2.93. The Kier molecular flexibility index (Phi) is 3.70. The second-order valence-corrected chi connectivity index (χ2v) is 4.69. The molecule has 0 radical (unpaired) electrons. The molecule has 2 nitrogen and oxygen atoms in total. The zero-order chi connectivity index (χ0) is 11.4. The van der Waals surface area contributed by atoms with Gasteiger partial charge in [-0.25, -0.2) is 4.98 Å². The lowest BCUT2D eigenvalue weighted by Gasteiger charge is -2.07. The van der Waals surface area contributed by atoms with Gasteiger partial charge in [-0.2, -0.15) is 0 Å². The molecule has 1 heterocycles. The Labute approximate surface area is 99.6 Å². The third-order valence-electron chi connectivity index (χ3n) is 2.60. The van der Waals surface area contributed by atoms with E-state index in [1.54, 1.807) is 6.20 Å². The zero-order valence-corrected chi connectivity index (χ0v) is 10.1. The minimum Gasteiger partial charge on any atom is -0.386 e. The molecule has 0 aliphatic rings. The van der Waals surface area contributed by atoms with Gasteiger partial charge in [0.1, 0.15) is 11.1 Å². The summed E-state index contributed by atoms with van der Waals surface area (Å²) in [6, 6.07) is 8.39. The molecule has 1 unspecified atom stereocenters. The first kappa shape index (κ1) is 11.3. The molecule has 0 aliphatic carbocycles. The van der Waals surface area contributed by atoms with Gasteiger partial charge in [0.2, 0.25) is 0 Å². The second-order valence-electron chi connectivity index (χ2n) is 3.76. The van der Waals surface area contributed by atoms with Gasteiger partial charge in [0.05, 0.1) is 0 Å². The van der Waals surface area contributed by atoms with E-state index in [0.717, 1.165) is 17.0 Å². The average molecular weight is 233 g/mol. The van der Waals surface area contributed by atoms with Crippen molar-refractivity contribution in [3.63, 3.8) is 0 Å². The van der Waals surface area contributed by atoms with Crippen molar-refractivity contribution in [1.82, 2.24) is 4.98 Å². The van der Waals surface area contributed by atoms with Crippen LogP contribution in [0.3, 0.4) is 0 Å². The van der Waals surface area contributed by atoms with E-state index in [1.165, 1.54) is 16.9 Å². The van der Waals surface area contributed by atoms with E-state index in [9.17, 15) is 5.11 Å². The van der Waals surface area contributed by atoms with Crippen LogP contribution in [0.4, 0.5) is 0 Å². The highest BCUT2D eigenvalue weighted by molar-refractivity contribution is 7.09. The lowest BCUT2D eigenvalue weighted by molar-refractivity contribution is 0.178. The van der Waals surface area contributed by atoms with Crippen molar-refractivity contribution in [3.8, 4) is 0 Å². The van der Waals surface area contributed by atoms with Gasteiger partial charge in [-0.1, -0.05) is 31.2 Å². The molecule has 1 aromatic carbocycles. The average Bonchev–Trinajstić information content (AvgIpc) is 2.83. The van der Waals surface area contributed by atoms with Gasteiger partial charge >= 0.3 is 0 Å². The van der Waals surface area contributed by atoms with E-state index in [2.05, 4.69) is 36.2 Å². The van der Waals surface area contributed by atoms with Crippen LogP contribution in [0.1, 0.15) is 29.2 Å². The molecule has 16 heavy (non-hydrogen) atoms. The number of aryl methyl sites for hydroxylation is 1. The lowest BCUT2D eigenvalue weighted by Crippen LogP contribution is -2.01. The summed E-state index contributed by atoms with van der Waals surface area (Å²) >= 11 is 1.50. The van der Waals surface area contributed by atoms with E-state index in [4.69, 9.17) is 0 Å². The Morgan fingerprint density at radius 3 is 2.50 bits per heavy atom. The highest BCUT2D eigenvalue weighted by Gasteiger charge is 2.10. The number of aliphatic hydroxyl groups is 1. The molecule has 84 valence electrons. The normalized spacial score (nSPS) is 12.6. The molecular formula is C13H15NOS. The second kappa shape index (κ2) is 5.23. The summed E-state index contributed by atoms with van der Waals surface area (Å²) in [4.78, 5) is 4.11. The topological polar surface area (TPSA) is 33.1 Å². The zero-order valence-electron chi connectivity index (χ0n) is 9.26. The SMILES string of the molecule is CCc1ccc(CC(O)c2nccs2)cc1. The van der Waals surface area contributed by atoms with Gasteiger partial charge in [0.15, 0.2) is 0 Å². The first-order valence-electron chi connectivity index (χ1n) is 5.45. The summed E-state index contributed by atoms with van der Waals surface area (Å²) in [5, 5.41) is 12.6. The largest absolute Gasteiger partial charge is 0.386 e. The van der Waals surface area contributed by atoms with E-state index in [1.807, 2.05) is 5.38 Å². The Morgan fingerprint density at radius 2 is 1.94 bits per heavy atom. The van der Waals surface area contributed by atoms with Crippen LogP contribution in [0.2, 0.25) is 0 Å². The molecular weight excluding hydrogens is 218 g/mol. The highest BCUT2D eigenvalue weighted by atomic mass is 32.1. The van der Waals surface area contributed by atoms with Crippen molar-refractivity contribution < 1.29 is 5.11 Å². The number of nitrogens with zero attached hydrogens (tertiary/aromatic N) is 1. The molecule has 0 bridgehead atoms. The number of rotatable bonds is 4. The van der Waals surface area contributed by atoms with Crippen LogP contribution in [0.5, 0.6) is 0 Å². The third-order valence-corrected chi connectivity index (χ3v) is 3.47. The van der Waals surface area contributed by atoms with Crippen LogP contribution in [-0.4, -0.2) is 10.1 Å². The Bertz CT molecular complexity index is 422. The Hall–Kier alpha value is -1.19. The number of thiazole rings is 1. The number of benzene rings is 1. The molecule has 3 heteroatoms. The summed E-state index contributed by atoms with van der Waals surface area (Å²) < 4.78 is 0. The van der Waals surface area contributed by atoms with Crippen molar-refractivity contribution >= 4 is 11.3 Å². The van der Waals surface area contributed by atoms with Gasteiger partial charge in [0.25, 0.3) is 0 Å². The number of aliphatic hydroxyl groups excluding tert-OH is 1. The number of aromatic nitrogens is 1. The fourth-order valence-electron chi connectivity index (χ4n) is 1.62. The minimum absolute atomic E-state index is 0.479. The Morgan fingerprint density at radius 1 is 1.25 bits per heavy atom. The highest BCUT2D eigenvalue weighted by Crippen LogP contribution is 2.20. The standard InChI is InChI=1S/C13H15NOS/c1-2-10-3-5-11(6-4-10)9-12(15)13-14-7-8-16-13/h3-8,12,15H,2,9H2,1H3. The first-order chi connectivity index (χ1) is 7.79. The summed E-state index contributed by atoms with van der Waals surface area (Å²) in [5.74, 6) is 0. The number of hydrogen-bond acceptors (Lipinski definition) is 3. The van der Waals surface area contributed by atoms with E-state index >= 15 is 0 Å². The van der Waals surface area contributed by atoms with Crippen LogP contribution in [0.25, 0.3) is 0 Å². The molecule has 0 saturated heterocycles. The van der Waals surface area contributed by atoms with Gasteiger partial charge in [-0.3, -0.25) is 0 Å². The fraction of sp³-hybridized carbons (Fsp3) is 0.308. The van der Waals surface area contributed by atoms with Crippen molar-refractivity contribution in [2.45, 2.75) is 25.9 Å². The predicted molar refractivity (Wildman–Crippen MR) is 66.6 cm³/mol. The van der Waals surface area contributed by atoms with Crippen LogP contribution < -0.4 is 0 Å². The Balaban J connectivity index is 2.03. The molecule has 1 aromatic heterocycles. The quantitative estimate of drug-likeness (QED) is 0.880. The summed E-state index contributed by atoms with van der Waals surface area (Å²) in [5.41, 5.74) is 2.48. The molecule has 0 saturated carbocycles. The van der Waals surface area contributed by atoms with Crippen molar-refractivity contribution in [3.05, 3.63) is 52.0 Å². The van der Waals surface area contributed by atoms with Gasteiger partial charge < -0.3 is 5.11 Å². The van der Waals surface area contributed by atoms with Gasteiger partial charge in [-0.15, -0.1) is 11.3 Å². The maximum Gasteiger partial charge on any atom is 0.121 e. The molecule has 0 aliphatic heterocycles. The predicted octanol–water partition coefficient (Wildman–Crippen LogP) is 2.98. The van der Waals surface area contributed by atoms with Crippen LogP contribution >= 0.6 is 11.3 Å². The maximum absolute atomic E-state index is 9.94.